The van der Waals surface area contributed by atoms with Crippen molar-refractivity contribution in [1.82, 2.24) is 5.01 Å². The standard InChI is InChI=1S/C21H17BrN2O/c1-14(25)24-21(16-8-4-9-17(22)12-16)13-20(23-24)19-11-5-7-15-6-2-3-10-18(15)19/h2-12,21H,13H2,1H3. The van der Waals surface area contributed by atoms with E-state index < -0.39 is 0 Å². The Bertz CT molecular complexity index is 991. The van der Waals surface area contributed by atoms with Crippen LogP contribution in [0.15, 0.2) is 76.3 Å². The molecule has 1 amide bonds. The number of halogens is 1. The highest BCUT2D eigenvalue weighted by Gasteiger charge is 2.31. The van der Waals surface area contributed by atoms with Gasteiger partial charge in [-0.25, -0.2) is 5.01 Å². The van der Waals surface area contributed by atoms with Crippen LogP contribution in [0.25, 0.3) is 10.8 Å². The molecule has 1 unspecified atom stereocenters. The van der Waals surface area contributed by atoms with E-state index >= 15 is 0 Å². The molecule has 1 aliphatic rings. The summed E-state index contributed by atoms with van der Waals surface area (Å²) in [4.78, 5) is 12.2. The highest BCUT2D eigenvalue weighted by Crippen LogP contribution is 2.35. The van der Waals surface area contributed by atoms with Gasteiger partial charge in [-0.05, 0) is 28.5 Å². The van der Waals surface area contributed by atoms with E-state index in [2.05, 4.69) is 51.4 Å². The van der Waals surface area contributed by atoms with E-state index in [0.717, 1.165) is 21.3 Å². The smallest absolute Gasteiger partial charge is 0.240 e. The number of hydrazone groups is 1. The Balaban J connectivity index is 1.78. The Morgan fingerprint density at radius 2 is 1.84 bits per heavy atom. The molecule has 0 radical (unpaired) electrons. The second-order valence-electron chi connectivity index (χ2n) is 6.21. The number of nitrogens with zero attached hydrogens (tertiary/aromatic N) is 2. The molecule has 4 rings (SSSR count). The predicted molar refractivity (Wildman–Crippen MR) is 105 cm³/mol. The molecule has 4 heteroatoms. The molecular formula is C21H17BrN2O. The lowest BCUT2D eigenvalue weighted by molar-refractivity contribution is -0.130. The van der Waals surface area contributed by atoms with Gasteiger partial charge >= 0.3 is 0 Å². The third kappa shape index (κ3) is 2.98. The average molecular weight is 393 g/mol. The monoisotopic (exact) mass is 392 g/mol. The zero-order valence-electron chi connectivity index (χ0n) is 13.8. The van der Waals surface area contributed by atoms with Crippen LogP contribution in [0.1, 0.15) is 30.5 Å². The van der Waals surface area contributed by atoms with Gasteiger partial charge in [0.05, 0.1) is 11.8 Å². The number of amides is 1. The van der Waals surface area contributed by atoms with Crippen LogP contribution in [-0.4, -0.2) is 16.6 Å². The predicted octanol–water partition coefficient (Wildman–Crippen LogP) is 5.30. The van der Waals surface area contributed by atoms with Crippen LogP contribution >= 0.6 is 15.9 Å². The van der Waals surface area contributed by atoms with Crippen LogP contribution < -0.4 is 0 Å². The Hall–Kier alpha value is -2.46. The largest absolute Gasteiger partial charge is 0.273 e. The summed E-state index contributed by atoms with van der Waals surface area (Å²) in [5, 5.41) is 8.64. The molecular weight excluding hydrogens is 376 g/mol. The lowest BCUT2D eigenvalue weighted by atomic mass is 9.95. The van der Waals surface area contributed by atoms with E-state index in [4.69, 9.17) is 0 Å². The van der Waals surface area contributed by atoms with Crippen molar-refractivity contribution in [3.05, 3.63) is 82.3 Å². The molecule has 1 aliphatic heterocycles. The van der Waals surface area contributed by atoms with Gasteiger partial charge in [0.15, 0.2) is 0 Å². The maximum absolute atomic E-state index is 12.2. The molecule has 0 saturated heterocycles. The fourth-order valence-corrected chi connectivity index (χ4v) is 3.83. The van der Waals surface area contributed by atoms with Crippen molar-refractivity contribution in [2.75, 3.05) is 0 Å². The van der Waals surface area contributed by atoms with Gasteiger partial charge in [0, 0.05) is 23.4 Å². The van der Waals surface area contributed by atoms with Crippen molar-refractivity contribution >= 4 is 38.3 Å². The molecule has 0 aromatic heterocycles. The minimum atomic E-state index is -0.0658. The Morgan fingerprint density at radius 1 is 1.08 bits per heavy atom. The molecule has 0 aliphatic carbocycles. The molecule has 0 N–H and O–H groups in total. The second-order valence-corrected chi connectivity index (χ2v) is 7.13. The summed E-state index contributed by atoms with van der Waals surface area (Å²) in [6.07, 6.45) is 0.712. The van der Waals surface area contributed by atoms with Crippen molar-refractivity contribution in [2.45, 2.75) is 19.4 Å². The summed E-state index contributed by atoms with van der Waals surface area (Å²) < 4.78 is 1.01. The van der Waals surface area contributed by atoms with Crippen LogP contribution in [0.2, 0.25) is 0 Å². The van der Waals surface area contributed by atoms with Crippen molar-refractivity contribution in [3.63, 3.8) is 0 Å². The van der Waals surface area contributed by atoms with Gasteiger partial charge < -0.3 is 0 Å². The highest BCUT2D eigenvalue weighted by atomic mass is 79.9. The summed E-state index contributed by atoms with van der Waals surface area (Å²) in [5.41, 5.74) is 3.14. The van der Waals surface area contributed by atoms with Gasteiger partial charge in [0.2, 0.25) is 5.91 Å². The Labute approximate surface area is 155 Å². The number of hydrogen-bond acceptors (Lipinski definition) is 2. The molecule has 0 fully saturated rings. The Morgan fingerprint density at radius 3 is 2.64 bits per heavy atom. The molecule has 0 spiro atoms. The van der Waals surface area contributed by atoms with Crippen molar-refractivity contribution in [3.8, 4) is 0 Å². The number of fused-ring (bicyclic) bond motifs is 1. The molecule has 3 aromatic carbocycles. The van der Waals surface area contributed by atoms with Gasteiger partial charge in [-0.1, -0.05) is 70.5 Å². The van der Waals surface area contributed by atoms with Crippen LogP contribution in [0.3, 0.4) is 0 Å². The third-order valence-corrected chi connectivity index (χ3v) is 5.06. The van der Waals surface area contributed by atoms with Crippen molar-refractivity contribution < 1.29 is 4.79 Å². The van der Waals surface area contributed by atoms with Crippen LogP contribution in [0, 0.1) is 0 Å². The summed E-state index contributed by atoms with van der Waals surface area (Å²) in [6.45, 7) is 1.57. The first-order valence-electron chi connectivity index (χ1n) is 8.24. The summed E-state index contributed by atoms with van der Waals surface area (Å²) in [7, 11) is 0. The third-order valence-electron chi connectivity index (χ3n) is 4.57. The molecule has 1 heterocycles. The van der Waals surface area contributed by atoms with Gasteiger partial charge in [-0.15, -0.1) is 0 Å². The fraction of sp³-hybridized carbons (Fsp3) is 0.143. The Kier molecular flexibility index (Phi) is 4.14. The molecule has 25 heavy (non-hydrogen) atoms. The molecule has 0 saturated carbocycles. The first kappa shape index (κ1) is 16.0. The summed E-state index contributed by atoms with van der Waals surface area (Å²) in [6, 6.07) is 22.5. The van der Waals surface area contributed by atoms with Crippen molar-refractivity contribution in [2.24, 2.45) is 5.10 Å². The lowest BCUT2D eigenvalue weighted by Gasteiger charge is -2.20. The summed E-state index contributed by atoms with van der Waals surface area (Å²) in [5.74, 6) is -0.0415. The normalized spacial score (nSPS) is 17.0. The second kappa shape index (κ2) is 6.45. The number of benzene rings is 3. The van der Waals surface area contributed by atoms with E-state index in [1.807, 2.05) is 36.4 Å². The van der Waals surface area contributed by atoms with E-state index in [1.54, 1.807) is 11.9 Å². The molecule has 124 valence electrons. The zero-order chi connectivity index (χ0) is 17.4. The van der Waals surface area contributed by atoms with E-state index in [0.29, 0.717) is 6.42 Å². The number of carbonyl (C=O) groups is 1. The van der Waals surface area contributed by atoms with E-state index in [-0.39, 0.29) is 11.9 Å². The molecule has 0 bridgehead atoms. The fourth-order valence-electron chi connectivity index (χ4n) is 3.41. The molecule has 3 aromatic rings. The van der Waals surface area contributed by atoms with Gasteiger partial charge in [-0.2, -0.15) is 5.10 Å². The number of hydrogen-bond donors (Lipinski definition) is 0. The average Bonchev–Trinajstić information content (AvgIpc) is 3.07. The molecule has 1 atom stereocenters. The maximum Gasteiger partial charge on any atom is 0.240 e. The SMILES string of the molecule is CC(=O)N1N=C(c2cccc3ccccc23)CC1c1cccc(Br)c1. The maximum atomic E-state index is 12.2. The van der Waals surface area contributed by atoms with Gasteiger partial charge in [0.25, 0.3) is 0 Å². The van der Waals surface area contributed by atoms with Crippen molar-refractivity contribution in [1.29, 1.82) is 0 Å². The van der Waals surface area contributed by atoms with E-state index in [9.17, 15) is 4.79 Å². The van der Waals surface area contributed by atoms with Crippen LogP contribution in [0.5, 0.6) is 0 Å². The zero-order valence-corrected chi connectivity index (χ0v) is 15.4. The van der Waals surface area contributed by atoms with Gasteiger partial charge in [0.1, 0.15) is 0 Å². The minimum Gasteiger partial charge on any atom is -0.273 e. The quantitative estimate of drug-likeness (QED) is 0.582. The minimum absolute atomic E-state index is 0.0415. The topological polar surface area (TPSA) is 32.7 Å². The number of rotatable bonds is 2. The summed E-state index contributed by atoms with van der Waals surface area (Å²) >= 11 is 3.52. The first-order valence-corrected chi connectivity index (χ1v) is 9.03. The molecule has 3 nitrogen and oxygen atoms in total. The van der Waals surface area contributed by atoms with Gasteiger partial charge in [-0.3, -0.25) is 4.79 Å². The number of carbonyl (C=O) groups excluding carboxylic acids is 1. The van der Waals surface area contributed by atoms with Crippen LogP contribution in [-0.2, 0) is 4.79 Å². The van der Waals surface area contributed by atoms with E-state index in [1.165, 1.54) is 10.8 Å². The lowest BCUT2D eigenvalue weighted by Crippen LogP contribution is -2.24. The highest BCUT2D eigenvalue weighted by molar-refractivity contribution is 9.10. The van der Waals surface area contributed by atoms with Crippen LogP contribution in [0.4, 0.5) is 0 Å². The first-order chi connectivity index (χ1) is 12.1.